The molecule has 0 saturated heterocycles. The summed E-state index contributed by atoms with van der Waals surface area (Å²) in [4.78, 5) is 5.32. The molecule has 12 rings (SSSR count). The lowest BCUT2D eigenvalue weighted by Crippen LogP contribution is -2.13. The molecule has 0 atom stereocenters. The van der Waals surface area contributed by atoms with Gasteiger partial charge in [0.2, 0.25) is 0 Å². The summed E-state index contributed by atoms with van der Waals surface area (Å²) in [6.45, 7) is 0. The van der Waals surface area contributed by atoms with Crippen LogP contribution in [0.15, 0.2) is 217 Å². The number of benzene rings is 9. The van der Waals surface area contributed by atoms with E-state index in [4.69, 9.17) is 10.7 Å². The number of rotatable bonds is 8. The van der Waals surface area contributed by atoms with Gasteiger partial charge in [-0.15, -0.1) is 0 Å². The third kappa shape index (κ3) is 6.42. The maximum atomic E-state index is 6.96. The number of aromatic nitrogens is 2. The molecule has 64 heavy (non-hydrogen) atoms. The number of nitrogens with zero attached hydrogens (tertiary/aromatic N) is 3. The summed E-state index contributed by atoms with van der Waals surface area (Å²) in [7, 11) is 0. The first-order valence-electron chi connectivity index (χ1n) is 22.2. The van der Waals surface area contributed by atoms with E-state index in [0.717, 1.165) is 57.6 Å². The number of aliphatic imine (C=N–C) groups is 1. The van der Waals surface area contributed by atoms with Crippen LogP contribution in [-0.4, -0.2) is 15.0 Å². The fourth-order valence-electron chi connectivity index (χ4n) is 9.99. The predicted molar refractivity (Wildman–Crippen MR) is 271 cm³/mol. The smallest absolute Gasteiger partial charge is 0.131 e. The second kappa shape index (κ2) is 15.6. The van der Waals surface area contributed by atoms with E-state index >= 15 is 0 Å². The minimum absolute atomic E-state index is 0.469. The van der Waals surface area contributed by atoms with Crippen LogP contribution in [-0.2, 0) is 12.8 Å². The summed E-state index contributed by atoms with van der Waals surface area (Å²) >= 11 is 0. The van der Waals surface area contributed by atoms with Crippen LogP contribution in [0.2, 0.25) is 0 Å². The van der Waals surface area contributed by atoms with E-state index in [1.54, 1.807) is 0 Å². The van der Waals surface area contributed by atoms with Crippen molar-refractivity contribution in [2.45, 2.75) is 19.3 Å². The number of nitrogens with two attached hydrogens (primary N) is 1. The van der Waals surface area contributed by atoms with Gasteiger partial charge >= 0.3 is 0 Å². The molecule has 0 fully saturated rings. The molecule has 2 aromatic heterocycles. The molecule has 2 N–H and O–H groups in total. The molecule has 4 nitrogen and oxygen atoms in total. The zero-order valence-electron chi connectivity index (χ0n) is 35.3. The van der Waals surface area contributed by atoms with Gasteiger partial charge in [0.15, 0.2) is 0 Å². The van der Waals surface area contributed by atoms with Crippen LogP contribution in [0.1, 0.15) is 34.2 Å². The van der Waals surface area contributed by atoms with Gasteiger partial charge in [0.1, 0.15) is 5.84 Å². The van der Waals surface area contributed by atoms with E-state index in [9.17, 15) is 0 Å². The number of para-hydroxylation sites is 2. The maximum absolute atomic E-state index is 6.96. The highest BCUT2D eigenvalue weighted by atomic mass is 15.0. The number of amidine groups is 1. The Morgan fingerprint density at radius 2 is 1.11 bits per heavy atom. The molecule has 11 aromatic rings. The van der Waals surface area contributed by atoms with E-state index in [2.05, 4.69) is 197 Å². The monoisotopic (exact) mass is 820 g/mol. The SMILES string of the molecule is NC(=N/C(=C\Cc1ccc(-c2ccccc2)cc1)c1cc(-n2c3ccccc3c3c4c(ccc32)CCC=C4)cc(-n2c3ccccc3c3c4ccccc4ccc32)c1)c1ccccc1. The molecule has 2 heterocycles. The Bertz CT molecular complexity index is 3680. The minimum Gasteiger partial charge on any atom is -0.383 e. The Kier molecular flexibility index (Phi) is 9.15. The molecular weight excluding hydrogens is 777 g/mol. The molecule has 304 valence electrons. The zero-order chi connectivity index (χ0) is 42.6. The summed E-state index contributed by atoms with van der Waals surface area (Å²) < 4.78 is 4.89. The van der Waals surface area contributed by atoms with Gasteiger partial charge in [-0.3, -0.25) is 0 Å². The first kappa shape index (κ1) is 37.5. The summed E-state index contributed by atoms with van der Waals surface area (Å²) in [5, 5.41) is 7.47. The van der Waals surface area contributed by atoms with Crippen LogP contribution < -0.4 is 5.73 Å². The van der Waals surface area contributed by atoms with Crippen molar-refractivity contribution in [3.05, 3.63) is 240 Å². The first-order chi connectivity index (χ1) is 31.7. The highest BCUT2D eigenvalue weighted by Gasteiger charge is 2.21. The molecular formula is C60H44N4. The summed E-state index contributed by atoms with van der Waals surface area (Å²) in [6, 6.07) is 72.0. The van der Waals surface area contributed by atoms with E-state index < -0.39 is 0 Å². The Morgan fingerprint density at radius 1 is 0.516 bits per heavy atom. The van der Waals surface area contributed by atoms with Gasteiger partial charge in [-0.05, 0) is 100 Å². The van der Waals surface area contributed by atoms with Gasteiger partial charge < -0.3 is 14.9 Å². The van der Waals surface area contributed by atoms with Gasteiger partial charge in [-0.1, -0.05) is 176 Å². The highest BCUT2D eigenvalue weighted by Crippen LogP contribution is 2.41. The van der Waals surface area contributed by atoms with Gasteiger partial charge in [-0.25, -0.2) is 4.99 Å². The van der Waals surface area contributed by atoms with E-state index in [-0.39, 0.29) is 0 Å². The highest BCUT2D eigenvalue weighted by molar-refractivity contribution is 6.21. The summed E-state index contributed by atoms with van der Waals surface area (Å²) in [5.74, 6) is 0.469. The molecule has 0 spiro atoms. The van der Waals surface area contributed by atoms with Crippen molar-refractivity contribution in [3.8, 4) is 22.5 Å². The average Bonchev–Trinajstić information content (AvgIpc) is 3.89. The Hall–Kier alpha value is -8.21. The standard InChI is InChI=1S/C60H44N4/c61-60(45-19-5-2-6-20-45)62-53(34-29-40-27-30-42(31-28-40)41-15-3-1-4-16-41)46-37-47(63-54-25-13-11-23-51(54)58-49-21-9-7-17-43(49)32-35-56(58)63)39-48(38-46)64-55-26-14-12-24-52(55)59-50-22-10-8-18-44(50)33-36-57(59)64/h1-7,9-17,19-28,30-39H,8,18,29H2,(H2,61,62)/b53-34-. The normalized spacial score (nSPS) is 13.1. The lowest BCUT2D eigenvalue weighted by Gasteiger charge is -2.17. The zero-order valence-corrected chi connectivity index (χ0v) is 35.3. The number of hydrogen-bond acceptors (Lipinski definition) is 1. The topological polar surface area (TPSA) is 48.2 Å². The molecule has 0 amide bonds. The van der Waals surface area contributed by atoms with Crippen LogP contribution in [0, 0.1) is 0 Å². The van der Waals surface area contributed by atoms with Crippen LogP contribution >= 0.6 is 0 Å². The molecule has 0 saturated carbocycles. The third-order valence-electron chi connectivity index (χ3n) is 13.0. The van der Waals surface area contributed by atoms with Gasteiger partial charge in [0, 0.05) is 44.0 Å². The van der Waals surface area contributed by atoms with Gasteiger partial charge in [0.05, 0.1) is 27.8 Å². The van der Waals surface area contributed by atoms with Crippen LogP contribution in [0.4, 0.5) is 0 Å². The summed E-state index contributed by atoms with van der Waals surface area (Å²) in [6.07, 6.45) is 9.67. The summed E-state index contributed by atoms with van der Waals surface area (Å²) in [5.41, 5.74) is 22.7. The van der Waals surface area contributed by atoms with E-state index in [1.807, 2.05) is 30.3 Å². The van der Waals surface area contributed by atoms with E-state index in [0.29, 0.717) is 12.3 Å². The molecule has 0 radical (unpaired) electrons. The third-order valence-corrected chi connectivity index (χ3v) is 13.0. The number of fused-ring (bicyclic) bond motifs is 10. The predicted octanol–water partition coefficient (Wildman–Crippen LogP) is 14.6. The second-order valence-corrected chi connectivity index (χ2v) is 16.8. The number of hydrogen-bond donors (Lipinski definition) is 1. The minimum atomic E-state index is 0.469. The van der Waals surface area contributed by atoms with Gasteiger partial charge in [-0.2, -0.15) is 0 Å². The molecule has 0 bridgehead atoms. The van der Waals surface area contributed by atoms with Crippen LogP contribution in [0.5, 0.6) is 0 Å². The van der Waals surface area contributed by atoms with Crippen LogP contribution in [0.3, 0.4) is 0 Å². The van der Waals surface area contributed by atoms with Crippen molar-refractivity contribution < 1.29 is 0 Å². The molecule has 0 unspecified atom stereocenters. The van der Waals surface area contributed by atoms with Crippen molar-refractivity contribution in [2.75, 3.05) is 0 Å². The Morgan fingerprint density at radius 3 is 1.84 bits per heavy atom. The molecule has 1 aliphatic carbocycles. The Balaban J connectivity index is 1.13. The van der Waals surface area contributed by atoms with Crippen molar-refractivity contribution in [1.29, 1.82) is 0 Å². The lowest BCUT2D eigenvalue weighted by atomic mass is 9.93. The largest absolute Gasteiger partial charge is 0.383 e. The van der Waals surface area contributed by atoms with Gasteiger partial charge in [0.25, 0.3) is 0 Å². The molecule has 1 aliphatic rings. The Labute approximate surface area is 372 Å². The van der Waals surface area contributed by atoms with E-state index in [1.165, 1.54) is 65.7 Å². The fraction of sp³-hybridized carbons (Fsp3) is 0.0500. The lowest BCUT2D eigenvalue weighted by molar-refractivity contribution is 0.989. The number of aryl methyl sites for hydroxylation is 1. The molecule has 0 aliphatic heterocycles. The first-order valence-corrected chi connectivity index (χ1v) is 22.2. The molecule has 9 aromatic carbocycles. The van der Waals surface area contributed by atoms with Crippen molar-refractivity contribution in [2.24, 2.45) is 10.7 Å². The molecule has 4 heteroatoms. The van der Waals surface area contributed by atoms with Crippen LogP contribution in [0.25, 0.3) is 88.7 Å². The number of allylic oxidation sites excluding steroid dienone is 2. The quantitative estimate of drug-likeness (QED) is 0.120. The van der Waals surface area contributed by atoms with Crippen molar-refractivity contribution >= 4 is 72.0 Å². The maximum Gasteiger partial charge on any atom is 0.131 e. The average molecular weight is 821 g/mol. The second-order valence-electron chi connectivity index (χ2n) is 16.8. The fourth-order valence-corrected chi connectivity index (χ4v) is 9.99. The van der Waals surface area contributed by atoms with Crippen molar-refractivity contribution in [3.63, 3.8) is 0 Å². The van der Waals surface area contributed by atoms with Crippen molar-refractivity contribution in [1.82, 2.24) is 9.13 Å².